The van der Waals surface area contributed by atoms with Crippen molar-refractivity contribution in [3.8, 4) is 0 Å². The molecule has 1 saturated heterocycles. The van der Waals surface area contributed by atoms with E-state index in [9.17, 15) is 0 Å². The van der Waals surface area contributed by atoms with Crippen molar-refractivity contribution < 1.29 is 9.80 Å². The van der Waals surface area contributed by atoms with Gasteiger partial charge in [-0.3, -0.25) is 0 Å². The second-order valence-electron chi connectivity index (χ2n) is 6.86. The number of nitrogens with one attached hydrogen (secondary N) is 2. The van der Waals surface area contributed by atoms with Crippen LogP contribution in [0.25, 0.3) is 6.08 Å². The maximum absolute atomic E-state index is 2.34. The lowest BCUT2D eigenvalue weighted by atomic mass is 10.1. The lowest BCUT2D eigenvalue weighted by Gasteiger charge is -2.29. The van der Waals surface area contributed by atoms with E-state index in [1.54, 1.807) is 9.80 Å². The molecule has 2 aromatic carbocycles. The molecule has 2 aromatic rings. The number of benzene rings is 2. The molecule has 1 fully saturated rings. The summed E-state index contributed by atoms with van der Waals surface area (Å²) in [6, 6.07) is 21.5. The van der Waals surface area contributed by atoms with Gasteiger partial charge in [0.2, 0.25) is 0 Å². The number of hydrogen-bond acceptors (Lipinski definition) is 0. The van der Waals surface area contributed by atoms with Crippen molar-refractivity contribution in [1.82, 2.24) is 0 Å². The summed E-state index contributed by atoms with van der Waals surface area (Å²) in [5, 5.41) is 0. The van der Waals surface area contributed by atoms with E-state index < -0.39 is 0 Å². The van der Waals surface area contributed by atoms with Crippen molar-refractivity contribution >= 4 is 6.08 Å². The van der Waals surface area contributed by atoms with Crippen LogP contribution in [0.1, 0.15) is 17.5 Å². The molecule has 0 radical (unpaired) electrons. The molecule has 1 aliphatic rings. The Hall–Kier alpha value is -1.90. The second kappa shape index (κ2) is 9.41. The van der Waals surface area contributed by atoms with Crippen molar-refractivity contribution in [2.24, 2.45) is 0 Å². The number of hydrogen-bond donors (Lipinski definition) is 2. The molecule has 24 heavy (non-hydrogen) atoms. The van der Waals surface area contributed by atoms with E-state index in [0.717, 1.165) is 6.54 Å². The summed E-state index contributed by atoms with van der Waals surface area (Å²) >= 11 is 0. The Kier molecular flexibility index (Phi) is 6.64. The van der Waals surface area contributed by atoms with Crippen LogP contribution in [0.3, 0.4) is 0 Å². The van der Waals surface area contributed by atoms with E-state index in [4.69, 9.17) is 0 Å². The van der Waals surface area contributed by atoms with Crippen LogP contribution < -0.4 is 9.80 Å². The van der Waals surface area contributed by atoms with Gasteiger partial charge in [-0.25, -0.2) is 0 Å². The van der Waals surface area contributed by atoms with E-state index in [-0.39, 0.29) is 0 Å². The highest BCUT2D eigenvalue weighted by Crippen LogP contribution is 2.01. The Labute approximate surface area is 146 Å². The van der Waals surface area contributed by atoms with Crippen LogP contribution in [0.2, 0.25) is 0 Å². The predicted octanol–water partition coefficient (Wildman–Crippen LogP) is 1.12. The van der Waals surface area contributed by atoms with Crippen LogP contribution in [0.5, 0.6) is 0 Å². The van der Waals surface area contributed by atoms with E-state index in [0.29, 0.717) is 0 Å². The molecule has 0 aliphatic carbocycles. The normalized spacial score (nSPS) is 21.2. The standard InChI is InChI=1S/C22H28N2/c1-3-9-21(10-4-1)13-7-15-23-17-19-24(20-18-23)16-8-14-22-11-5-2-6-12-22/h1-7,9-13H,8,14-20H2/p+2/b13-7+. The molecule has 0 saturated carbocycles. The van der Waals surface area contributed by atoms with Gasteiger partial charge >= 0.3 is 0 Å². The zero-order valence-corrected chi connectivity index (χ0v) is 14.6. The van der Waals surface area contributed by atoms with E-state index >= 15 is 0 Å². The van der Waals surface area contributed by atoms with Crippen LogP contribution in [-0.2, 0) is 6.42 Å². The Morgan fingerprint density at radius 3 is 2.08 bits per heavy atom. The summed E-state index contributed by atoms with van der Waals surface area (Å²) in [4.78, 5) is 3.52. The van der Waals surface area contributed by atoms with Gasteiger partial charge in [-0.1, -0.05) is 66.7 Å². The summed E-state index contributed by atoms with van der Waals surface area (Å²) < 4.78 is 0. The Balaban J connectivity index is 1.32. The van der Waals surface area contributed by atoms with E-state index in [2.05, 4.69) is 72.8 Å². The molecule has 2 nitrogen and oxygen atoms in total. The molecular formula is C22H30N2+2. The van der Waals surface area contributed by atoms with Crippen molar-refractivity contribution in [3.05, 3.63) is 77.9 Å². The molecule has 0 atom stereocenters. The topological polar surface area (TPSA) is 8.88 Å². The monoisotopic (exact) mass is 322 g/mol. The Morgan fingerprint density at radius 2 is 1.38 bits per heavy atom. The third-order valence-corrected chi connectivity index (χ3v) is 5.02. The van der Waals surface area contributed by atoms with Crippen LogP contribution in [0.4, 0.5) is 0 Å². The highest BCUT2D eigenvalue weighted by Gasteiger charge is 2.21. The quantitative estimate of drug-likeness (QED) is 0.756. The minimum absolute atomic E-state index is 1.16. The molecule has 0 aromatic heterocycles. The van der Waals surface area contributed by atoms with Gasteiger partial charge in [0, 0.05) is 6.42 Å². The highest BCUT2D eigenvalue weighted by molar-refractivity contribution is 5.48. The van der Waals surface area contributed by atoms with Crippen molar-refractivity contribution in [3.63, 3.8) is 0 Å². The summed E-state index contributed by atoms with van der Waals surface area (Å²) in [6.07, 6.45) is 7.13. The molecule has 1 aliphatic heterocycles. The molecule has 0 bridgehead atoms. The average Bonchev–Trinajstić information content (AvgIpc) is 2.65. The van der Waals surface area contributed by atoms with Crippen LogP contribution >= 0.6 is 0 Å². The fourth-order valence-corrected chi connectivity index (χ4v) is 3.52. The van der Waals surface area contributed by atoms with Gasteiger partial charge in [-0.15, -0.1) is 0 Å². The van der Waals surface area contributed by atoms with Gasteiger partial charge in [0.25, 0.3) is 0 Å². The van der Waals surface area contributed by atoms with Gasteiger partial charge in [-0.2, -0.15) is 0 Å². The molecule has 0 unspecified atom stereocenters. The van der Waals surface area contributed by atoms with E-state index in [1.807, 2.05) is 0 Å². The molecule has 126 valence electrons. The predicted molar refractivity (Wildman–Crippen MR) is 101 cm³/mol. The molecule has 0 spiro atoms. The van der Waals surface area contributed by atoms with Crippen LogP contribution in [0.15, 0.2) is 66.7 Å². The van der Waals surface area contributed by atoms with Gasteiger partial charge in [0.05, 0.1) is 13.1 Å². The molecule has 3 rings (SSSR count). The molecule has 2 heteroatoms. The van der Waals surface area contributed by atoms with Crippen LogP contribution in [-0.4, -0.2) is 39.3 Å². The Morgan fingerprint density at radius 1 is 0.750 bits per heavy atom. The SMILES string of the molecule is C(=C\c1ccccc1)/C[NH+]1CC[NH+](CCCc2ccccc2)CC1. The third kappa shape index (κ3) is 5.63. The third-order valence-electron chi connectivity index (χ3n) is 5.02. The fraction of sp³-hybridized carbons (Fsp3) is 0.364. The maximum Gasteiger partial charge on any atom is 0.127 e. The van der Waals surface area contributed by atoms with Crippen LogP contribution in [0, 0.1) is 0 Å². The first-order chi connectivity index (χ1) is 11.9. The largest absolute Gasteiger partial charge is 0.326 e. The first kappa shape index (κ1) is 16.9. The minimum Gasteiger partial charge on any atom is -0.326 e. The number of quaternary nitrogens is 2. The maximum atomic E-state index is 2.34. The van der Waals surface area contributed by atoms with Gasteiger partial charge in [-0.05, 0) is 23.6 Å². The fourth-order valence-electron chi connectivity index (χ4n) is 3.52. The lowest BCUT2D eigenvalue weighted by Crippen LogP contribution is -3.28. The number of piperazine rings is 1. The molecule has 2 N–H and O–H groups in total. The van der Waals surface area contributed by atoms with Crippen molar-refractivity contribution in [2.75, 3.05) is 39.3 Å². The molecule has 0 amide bonds. The molecule has 1 heterocycles. The first-order valence-corrected chi connectivity index (χ1v) is 9.33. The smallest absolute Gasteiger partial charge is 0.127 e. The summed E-state index contributed by atoms with van der Waals surface area (Å²) in [7, 11) is 0. The average molecular weight is 322 g/mol. The van der Waals surface area contributed by atoms with Gasteiger partial charge < -0.3 is 9.80 Å². The zero-order chi connectivity index (χ0) is 16.5. The highest BCUT2D eigenvalue weighted by atomic mass is 15.3. The van der Waals surface area contributed by atoms with Gasteiger partial charge in [0.1, 0.15) is 26.2 Å². The minimum atomic E-state index is 1.16. The first-order valence-electron chi connectivity index (χ1n) is 9.33. The molecular weight excluding hydrogens is 292 g/mol. The van der Waals surface area contributed by atoms with Crippen molar-refractivity contribution in [2.45, 2.75) is 12.8 Å². The lowest BCUT2D eigenvalue weighted by molar-refractivity contribution is -1.01. The summed E-state index contributed by atoms with van der Waals surface area (Å²) in [6.45, 7) is 7.74. The van der Waals surface area contributed by atoms with Gasteiger partial charge in [0.15, 0.2) is 0 Å². The second-order valence-corrected chi connectivity index (χ2v) is 6.86. The van der Waals surface area contributed by atoms with E-state index in [1.165, 1.54) is 56.7 Å². The zero-order valence-electron chi connectivity index (χ0n) is 14.6. The Bertz CT molecular complexity index is 598. The number of rotatable bonds is 7. The van der Waals surface area contributed by atoms with Crippen molar-refractivity contribution in [1.29, 1.82) is 0 Å². The summed E-state index contributed by atoms with van der Waals surface area (Å²) in [5.41, 5.74) is 2.79. The number of aryl methyl sites for hydroxylation is 1. The summed E-state index contributed by atoms with van der Waals surface area (Å²) in [5.74, 6) is 0.